The molecule has 160 valence electrons. The van der Waals surface area contributed by atoms with E-state index >= 15 is 0 Å². The summed E-state index contributed by atoms with van der Waals surface area (Å²) >= 11 is 6.10. The van der Waals surface area contributed by atoms with Crippen LogP contribution in [0.4, 0.5) is 0 Å². The highest BCUT2D eigenvalue weighted by Crippen LogP contribution is 2.35. The minimum absolute atomic E-state index is 0.169. The Morgan fingerprint density at radius 3 is 2.69 bits per heavy atom. The van der Waals surface area contributed by atoms with Gasteiger partial charge in [0.25, 0.3) is 0 Å². The number of nitrogens with zero attached hydrogens (tertiary/aromatic N) is 2. The highest BCUT2D eigenvalue weighted by atomic mass is 35.5. The van der Waals surface area contributed by atoms with E-state index in [4.69, 9.17) is 16.4 Å². The van der Waals surface area contributed by atoms with Gasteiger partial charge in [-0.1, -0.05) is 25.4 Å². The van der Waals surface area contributed by atoms with Crippen molar-refractivity contribution in [1.82, 2.24) is 10.4 Å². The summed E-state index contributed by atoms with van der Waals surface area (Å²) < 4.78 is 26.4. The summed E-state index contributed by atoms with van der Waals surface area (Å²) in [5, 5.41) is 14.6. The monoisotopic (exact) mass is 443 g/mol. The molecule has 2 aliphatic rings. The molecule has 0 bridgehead atoms. The number of rotatable bonds is 5. The Bertz CT molecular complexity index is 961. The first-order valence-corrected chi connectivity index (χ1v) is 11.4. The molecule has 10 heteroatoms. The van der Waals surface area contributed by atoms with Crippen LogP contribution in [0.5, 0.6) is 0 Å². The number of sulfone groups is 1. The summed E-state index contributed by atoms with van der Waals surface area (Å²) in [6.45, 7) is 8.92. The Morgan fingerprint density at radius 2 is 2.07 bits per heavy atom. The zero-order chi connectivity index (χ0) is 21.6. The van der Waals surface area contributed by atoms with Crippen molar-refractivity contribution in [2.75, 3.05) is 18.8 Å². The van der Waals surface area contributed by atoms with Crippen molar-refractivity contribution in [3.05, 3.63) is 28.3 Å². The van der Waals surface area contributed by atoms with Crippen molar-refractivity contribution >= 4 is 33.3 Å². The van der Waals surface area contributed by atoms with Crippen LogP contribution >= 0.6 is 11.6 Å². The van der Waals surface area contributed by atoms with E-state index in [9.17, 15) is 18.3 Å². The first-order chi connectivity index (χ1) is 13.4. The molecule has 8 nitrogen and oxygen atoms in total. The number of aliphatic carboxylic acids is 1. The molecule has 0 aliphatic carbocycles. The fourth-order valence-electron chi connectivity index (χ4n) is 3.86. The number of halogens is 1. The number of carboxylic acid groups (broad SMARTS) is 1. The van der Waals surface area contributed by atoms with Gasteiger partial charge >= 0.3 is 11.9 Å². The van der Waals surface area contributed by atoms with E-state index in [-0.39, 0.29) is 22.1 Å². The molecule has 1 aromatic carbocycles. The van der Waals surface area contributed by atoms with Crippen molar-refractivity contribution < 1.29 is 23.2 Å². The Hall–Kier alpha value is -1.68. The van der Waals surface area contributed by atoms with Gasteiger partial charge in [-0.2, -0.15) is 0 Å². The second-order valence-electron chi connectivity index (χ2n) is 8.29. The van der Waals surface area contributed by atoms with Crippen LogP contribution in [0, 0.1) is 19.3 Å². The van der Waals surface area contributed by atoms with E-state index in [1.807, 2.05) is 13.8 Å². The van der Waals surface area contributed by atoms with Crippen LogP contribution in [-0.4, -0.2) is 61.5 Å². The van der Waals surface area contributed by atoms with Gasteiger partial charge in [0.2, 0.25) is 0 Å². The summed E-state index contributed by atoms with van der Waals surface area (Å²) in [5.41, 5.74) is 0.941. The minimum Gasteiger partial charge on any atom is -0.474 e. The second kappa shape index (κ2) is 7.86. The maximum Gasteiger partial charge on any atom is 0.393 e. The molecule has 0 aromatic heterocycles. The maximum absolute atomic E-state index is 13.2. The molecule has 1 fully saturated rings. The Kier molecular flexibility index (Phi) is 5.97. The van der Waals surface area contributed by atoms with E-state index in [0.717, 1.165) is 6.54 Å². The first kappa shape index (κ1) is 22.0. The van der Waals surface area contributed by atoms with Gasteiger partial charge in [0.1, 0.15) is 0 Å². The standard InChI is InChI=1S/C19H26ClN3O5S/c1-11-8-14(12(2)7-13(11)20)29(26,27)9-16-22-17(18(24)25)28-23(16)15-5-6-21-10-19(15,3)4/h7-8,15-16,21H,5-6,9-10H2,1-4H3,(H,24,25). The van der Waals surface area contributed by atoms with Crippen molar-refractivity contribution in [3.63, 3.8) is 0 Å². The zero-order valence-corrected chi connectivity index (χ0v) is 18.5. The van der Waals surface area contributed by atoms with Crippen molar-refractivity contribution in [2.45, 2.75) is 51.2 Å². The van der Waals surface area contributed by atoms with Gasteiger partial charge in [-0.25, -0.2) is 18.2 Å². The number of hydrogen-bond donors (Lipinski definition) is 2. The van der Waals surface area contributed by atoms with Crippen LogP contribution in [0.1, 0.15) is 31.4 Å². The molecular formula is C19H26ClN3O5S. The molecule has 29 heavy (non-hydrogen) atoms. The van der Waals surface area contributed by atoms with Gasteiger partial charge in [-0.15, -0.1) is 5.06 Å². The van der Waals surface area contributed by atoms with Gasteiger partial charge in [-0.05, 0) is 55.5 Å². The van der Waals surface area contributed by atoms with Crippen LogP contribution in [0.15, 0.2) is 22.0 Å². The number of hydrogen-bond acceptors (Lipinski definition) is 7. The number of carbonyl (C=O) groups is 1. The molecule has 3 rings (SSSR count). The minimum atomic E-state index is -3.77. The van der Waals surface area contributed by atoms with Gasteiger partial charge in [0.05, 0.1) is 16.7 Å². The topological polar surface area (TPSA) is 108 Å². The highest BCUT2D eigenvalue weighted by molar-refractivity contribution is 7.91. The lowest BCUT2D eigenvalue weighted by Crippen LogP contribution is -2.56. The second-order valence-corrected chi connectivity index (χ2v) is 10.7. The molecule has 2 atom stereocenters. The Morgan fingerprint density at radius 1 is 1.38 bits per heavy atom. The largest absolute Gasteiger partial charge is 0.474 e. The lowest BCUT2D eigenvalue weighted by Gasteiger charge is -2.43. The summed E-state index contributed by atoms with van der Waals surface area (Å²) in [6, 6.07) is 2.98. The molecule has 2 unspecified atom stereocenters. The number of hydroxylamine groups is 2. The Labute approximate surface area is 175 Å². The summed E-state index contributed by atoms with van der Waals surface area (Å²) in [7, 11) is -3.77. The number of aryl methyl sites for hydroxylation is 2. The predicted molar refractivity (Wildman–Crippen MR) is 110 cm³/mol. The van der Waals surface area contributed by atoms with E-state index in [2.05, 4.69) is 10.3 Å². The molecule has 2 heterocycles. The number of piperidine rings is 1. The van der Waals surface area contributed by atoms with Gasteiger partial charge in [0, 0.05) is 11.6 Å². The SMILES string of the molecule is Cc1cc(S(=O)(=O)CC2N=C(C(=O)O)ON2C2CCNCC2(C)C)c(C)cc1Cl. The normalized spacial score (nSPS) is 24.8. The summed E-state index contributed by atoms with van der Waals surface area (Å²) in [5.74, 6) is -2.19. The number of benzene rings is 1. The molecular weight excluding hydrogens is 418 g/mol. The number of carboxylic acids is 1. The third-order valence-corrected chi connectivity index (χ3v) is 7.73. The summed E-state index contributed by atoms with van der Waals surface area (Å²) in [6.07, 6.45) is -0.255. The first-order valence-electron chi connectivity index (χ1n) is 9.40. The summed E-state index contributed by atoms with van der Waals surface area (Å²) in [4.78, 5) is 21.2. The third-order valence-electron chi connectivity index (χ3n) is 5.48. The van der Waals surface area contributed by atoms with Crippen LogP contribution in [0.25, 0.3) is 0 Å². The molecule has 2 N–H and O–H groups in total. The van der Waals surface area contributed by atoms with Crippen LogP contribution in [0.2, 0.25) is 5.02 Å². The quantitative estimate of drug-likeness (QED) is 0.717. The van der Waals surface area contributed by atoms with Crippen molar-refractivity contribution in [1.29, 1.82) is 0 Å². The lowest BCUT2D eigenvalue weighted by atomic mass is 9.79. The van der Waals surface area contributed by atoms with Crippen LogP contribution in [-0.2, 0) is 19.5 Å². The maximum atomic E-state index is 13.2. The van der Waals surface area contributed by atoms with E-state index in [1.54, 1.807) is 26.0 Å². The average molecular weight is 444 g/mol. The molecule has 1 saturated heterocycles. The third kappa shape index (κ3) is 4.42. The fourth-order valence-corrected chi connectivity index (χ4v) is 5.78. The molecule has 0 spiro atoms. The zero-order valence-electron chi connectivity index (χ0n) is 16.9. The fraction of sp³-hybridized carbons (Fsp3) is 0.579. The van der Waals surface area contributed by atoms with Gasteiger partial charge in [0.15, 0.2) is 16.0 Å². The highest BCUT2D eigenvalue weighted by Gasteiger charge is 2.46. The van der Waals surface area contributed by atoms with E-state index < -0.39 is 27.9 Å². The van der Waals surface area contributed by atoms with Crippen LogP contribution < -0.4 is 5.32 Å². The smallest absolute Gasteiger partial charge is 0.393 e. The lowest BCUT2D eigenvalue weighted by molar-refractivity contribution is -0.160. The van der Waals surface area contributed by atoms with Crippen molar-refractivity contribution in [2.24, 2.45) is 10.4 Å². The molecule has 1 aromatic rings. The van der Waals surface area contributed by atoms with Crippen LogP contribution in [0.3, 0.4) is 0 Å². The van der Waals surface area contributed by atoms with E-state index in [1.165, 1.54) is 5.06 Å². The molecule has 0 saturated carbocycles. The average Bonchev–Trinajstić information content (AvgIpc) is 3.00. The number of nitrogens with one attached hydrogen (secondary N) is 1. The van der Waals surface area contributed by atoms with Gasteiger partial charge < -0.3 is 15.3 Å². The molecule has 2 aliphatic heterocycles. The Balaban J connectivity index is 1.95. The van der Waals surface area contributed by atoms with Gasteiger partial charge in [-0.3, -0.25) is 0 Å². The number of aliphatic imine (C=N–C) groups is 1. The molecule has 0 amide bonds. The van der Waals surface area contributed by atoms with E-state index in [0.29, 0.717) is 29.1 Å². The predicted octanol–water partition coefficient (Wildman–Crippen LogP) is 2.18. The molecule has 0 radical (unpaired) electrons. The van der Waals surface area contributed by atoms with Crippen molar-refractivity contribution in [3.8, 4) is 0 Å².